The van der Waals surface area contributed by atoms with E-state index in [1.807, 2.05) is 30.3 Å². The summed E-state index contributed by atoms with van der Waals surface area (Å²) in [7, 11) is -1.98. The Kier molecular flexibility index (Phi) is 7.82. The lowest BCUT2D eigenvalue weighted by Gasteiger charge is -2.32. The van der Waals surface area contributed by atoms with Gasteiger partial charge in [0.15, 0.2) is 0 Å². The van der Waals surface area contributed by atoms with Crippen molar-refractivity contribution in [2.45, 2.75) is 30.2 Å². The lowest BCUT2D eigenvalue weighted by Crippen LogP contribution is -2.49. The van der Waals surface area contributed by atoms with Crippen LogP contribution in [0, 0.1) is 0 Å². The molecule has 2 aromatic rings. The number of rotatable bonds is 8. The van der Waals surface area contributed by atoms with E-state index in [4.69, 9.17) is 0 Å². The minimum Gasteiger partial charge on any atom is -0.349 e. The second-order valence-corrected chi connectivity index (χ2v) is 9.84. The molecule has 0 radical (unpaired) electrons. The summed E-state index contributed by atoms with van der Waals surface area (Å²) in [6, 6.07) is 15.7. The lowest BCUT2D eigenvalue weighted by atomic mass is 10.1. The van der Waals surface area contributed by atoms with E-state index < -0.39 is 10.0 Å². The Labute approximate surface area is 189 Å². The molecular formula is C24H29N3O4S. The molecule has 0 spiro atoms. The standard InChI is InChI=1S/C24H29N3O4S/c1-3-23(28)25-21-10-7-16-27(18-21)32(30,31)22-13-11-20(12-14-22)24(29)26(2)17-15-19-8-5-4-6-9-19/h3-6,8-9,11-14,21H,1,7,10,15-18H2,2H3,(H,25,28)/t21-/m0/s1. The molecule has 1 fully saturated rings. The van der Waals surface area contributed by atoms with E-state index >= 15 is 0 Å². The minimum atomic E-state index is -3.72. The van der Waals surface area contributed by atoms with Gasteiger partial charge in [-0.3, -0.25) is 9.59 Å². The van der Waals surface area contributed by atoms with Gasteiger partial charge >= 0.3 is 0 Å². The van der Waals surface area contributed by atoms with Crippen molar-refractivity contribution in [3.05, 3.63) is 78.4 Å². The van der Waals surface area contributed by atoms with E-state index in [0.717, 1.165) is 12.0 Å². The average Bonchev–Trinajstić information content (AvgIpc) is 2.82. The number of benzene rings is 2. The number of amides is 2. The molecule has 8 heteroatoms. The van der Waals surface area contributed by atoms with Gasteiger partial charge < -0.3 is 10.2 Å². The molecule has 2 aromatic carbocycles. The molecule has 0 bridgehead atoms. The second kappa shape index (κ2) is 10.6. The summed E-state index contributed by atoms with van der Waals surface area (Å²) in [6.07, 6.45) is 3.30. The summed E-state index contributed by atoms with van der Waals surface area (Å²) in [5.41, 5.74) is 1.59. The summed E-state index contributed by atoms with van der Waals surface area (Å²) >= 11 is 0. The second-order valence-electron chi connectivity index (χ2n) is 7.90. The zero-order chi connectivity index (χ0) is 23.1. The van der Waals surface area contributed by atoms with Crippen LogP contribution < -0.4 is 5.32 Å². The van der Waals surface area contributed by atoms with Crippen LogP contribution in [0.25, 0.3) is 0 Å². The fourth-order valence-corrected chi connectivity index (χ4v) is 5.24. The van der Waals surface area contributed by atoms with Gasteiger partial charge in [-0.1, -0.05) is 36.9 Å². The van der Waals surface area contributed by atoms with Gasteiger partial charge in [0.1, 0.15) is 0 Å². The number of hydrogen-bond donors (Lipinski definition) is 1. The van der Waals surface area contributed by atoms with Gasteiger partial charge in [0.05, 0.1) is 4.90 Å². The first-order chi connectivity index (χ1) is 15.3. The minimum absolute atomic E-state index is 0.136. The van der Waals surface area contributed by atoms with Crippen LogP contribution in [-0.4, -0.2) is 62.2 Å². The van der Waals surface area contributed by atoms with Gasteiger partial charge in [-0.25, -0.2) is 8.42 Å². The molecule has 1 aliphatic heterocycles. The Hall–Kier alpha value is -2.97. The summed E-state index contributed by atoms with van der Waals surface area (Å²) in [5, 5.41) is 2.77. The van der Waals surface area contributed by atoms with Crippen molar-refractivity contribution in [2.75, 3.05) is 26.7 Å². The van der Waals surface area contributed by atoms with Crippen LogP contribution in [-0.2, 0) is 21.2 Å². The van der Waals surface area contributed by atoms with E-state index in [9.17, 15) is 18.0 Å². The van der Waals surface area contributed by atoms with Crippen molar-refractivity contribution in [1.29, 1.82) is 0 Å². The molecule has 1 aliphatic rings. The predicted molar refractivity (Wildman–Crippen MR) is 124 cm³/mol. The average molecular weight is 456 g/mol. The van der Waals surface area contributed by atoms with Crippen molar-refractivity contribution in [3.8, 4) is 0 Å². The molecule has 1 saturated heterocycles. The SMILES string of the molecule is C=CC(=O)N[C@H]1CCCN(S(=O)(=O)c2ccc(C(=O)N(C)CCc3ccccc3)cc2)C1. The number of hydrogen-bond acceptors (Lipinski definition) is 4. The Morgan fingerprint density at radius 1 is 1.16 bits per heavy atom. The van der Waals surface area contributed by atoms with Crippen LogP contribution >= 0.6 is 0 Å². The molecule has 1 N–H and O–H groups in total. The number of piperidine rings is 1. The topological polar surface area (TPSA) is 86.8 Å². The fraction of sp³-hybridized carbons (Fsp3) is 0.333. The maximum Gasteiger partial charge on any atom is 0.253 e. The molecule has 0 aromatic heterocycles. The number of carbonyl (C=O) groups excluding carboxylic acids is 2. The molecule has 0 aliphatic carbocycles. The number of likely N-dealkylation sites (N-methyl/N-ethyl adjacent to an activating group) is 1. The van der Waals surface area contributed by atoms with Gasteiger partial charge in [0.25, 0.3) is 5.91 Å². The molecular weight excluding hydrogens is 426 g/mol. The summed E-state index contributed by atoms with van der Waals surface area (Å²) in [4.78, 5) is 26.0. The maximum absolute atomic E-state index is 13.1. The first-order valence-electron chi connectivity index (χ1n) is 10.6. The highest BCUT2D eigenvalue weighted by molar-refractivity contribution is 7.89. The third-order valence-electron chi connectivity index (χ3n) is 5.58. The Morgan fingerprint density at radius 3 is 2.50 bits per heavy atom. The summed E-state index contributed by atoms with van der Waals surface area (Å²) in [6.45, 7) is 4.60. The van der Waals surface area contributed by atoms with Crippen LogP contribution in [0.3, 0.4) is 0 Å². The predicted octanol–water partition coefficient (Wildman–Crippen LogP) is 2.46. The monoisotopic (exact) mass is 455 g/mol. The van der Waals surface area contributed by atoms with Crippen LogP contribution in [0.4, 0.5) is 0 Å². The molecule has 1 heterocycles. The molecule has 0 unspecified atom stereocenters. The van der Waals surface area contributed by atoms with Crippen molar-refractivity contribution < 1.29 is 18.0 Å². The van der Waals surface area contributed by atoms with Crippen LogP contribution in [0.2, 0.25) is 0 Å². The maximum atomic E-state index is 13.1. The van der Waals surface area contributed by atoms with Crippen LogP contribution in [0.1, 0.15) is 28.8 Å². The quantitative estimate of drug-likeness (QED) is 0.620. The first-order valence-corrected chi connectivity index (χ1v) is 12.1. The molecule has 32 heavy (non-hydrogen) atoms. The lowest BCUT2D eigenvalue weighted by molar-refractivity contribution is -0.117. The van der Waals surface area contributed by atoms with Crippen LogP contribution in [0.15, 0.2) is 72.1 Å². The van der Waals surface area contributed by atoms with Crippen molar-refractivity contribution in [1.82, 2.24) is 14.5 Å². The highest BCUT2D eigenvalue weighted by Crippen LogP contribution is 2.21. The molecule has 1 atom stereocenters. The van der Waals surface area contributed by atoms with E-state index in [-0.39, 0.29) is 29.3 Å². The summed E-state index contributed by atoms with van der Waals surface area (Å²) < 4.78 is 27.5. The number of sulfonamides is 1. The van der Waals surface area contributed by atoms with E-state index in [1.54, 1.807) is 24.1 Å². The van der Waals surface area contributed by atoms with Crippen molar-refractivity contribution >= 4 is 21.8 Å². The smallest absolute Gasteiger partial charge is 0.253 e. The van der Waals surface area contributed by atoms with E-state index in [0.29, 0.717) is 31.5 Å². The molecule has 2 amide bonds. The Bertz CT molecular complexity index is 1050. The van der Waals surface area contributed by atoms with Crippen LogP contribution in [0.5, 0.6) is 0 Å². The molecule has 7 nitrogen and oxygen atoms in total. The van der Waals surface area contributed by atoms with Gasteiger partial charge in [-0.15, -0.1) is 0 Å². The van der Waals surface area contributed by atoms with Gasteiger partial charge in [-0.2, -0.15) is 4.31 Å². The third-order valence-corrected chi connectivity index (χ3v) is 7.46. The number of carbonyl (C=O) groups is 2. The number of nitrogens with zero attached hydrogens (tertiary/aromatic N) is 2. The zero-order valence-corrected chi connectivity index (χ0v) is 19.1. The highest BCUT2D eigenvalue weighted by atomic mass is 32.2. The third kappa shape index (κ3) is 5.83. The van der Waals surface area contributed by atoms with Gasteiger partial charge in [0.2, 0.25) is 15.9 Å². The fourth-order valence-electron chi connectivity index (χ4n) is 3.72. The summed E-state index contributed by atoms with van der Waals surface area (Å²) in [5.74, 6) is -0.469. The largest absolute Gasteiger partial charge is 0.349 e. The first kappa shape index (κ1) is 23.7. The number of nitrogens with one attached hydrogen (secondary N) is 1. The van der Waals surface area contributed by atoms with E-state index in [1.165, 1.54) is 22.5 Å². The zero-order valence-electron chi connectivity index (χ0n) is 18.2. The van der Waals surface area contributed by atoms with Gasteiger partial charge in [0, 0.05) is 38.3 Å². The van der Waals surface area contributed by atoms with E-state index in [2.05, 4.69) is 11.9 Å². The molecule has 3 rings (SSSR count). The molecule has 170 valence electrons. The van der Waals surface area contributed by atoms with Crippen molar-refractivity contribution in [3.63, 3.8) is 0 Å². The normalized spacial score (nSPS) is 16.8. The highest BCUT2D eigenvalue weighted by Gasteiger charge is 2.30. The van der Waals surface area contributed by atoms with Crippen molar-refractivity contribution in [2.24, 2.45) is 0 Å². The molecule has 0 saturated carbocycles. The Balaban J connectivity index is 1.63. The Morgan fingerprint density at radius 2 is 1.84 bits per heavy atom. The van der Waals surface area contributed by atoms with Gasteiger partial charge in [-0.05, 0) is 55.2 Å².